The zero-order valence-corrected chi connectivity index (χ0v) is 18.9. The van der Waals surface area contributed by atoms with Gasteiger partial charge >= 0.3 is 5.97 Å². The van der Waals surface area contributed by atoms with Crippen LogP contribution in [0.15, 0.2) is 0 Å². The Bertz CT molecular complexity index is 426. The van der Waals surface area contributed by atoms with E-state index in [1.165, 1.54) is 7.11 Å². The standard InChI is InChI=1S/C20H38O4S2/c1-7-17(21)13(2)8-9-20(25-10-11-26-20)15(4)12-14(3)18(22)16(5)19(23)24-6/h13-18,21-22H,7-12H2,1-6H3/t13-,14+,15-,16-,17-,18+/m1/s1. The van der Waals surface area contributed by atoms with E-state index in [2.05, 4.69) is 13.8 Å². The topological polar surface area (TPSA) is 66.8 Å². The van der Waals surface area contributed by atoms with E-state index < -0.39 is 12.0 Å². The molecule has 0 radical (unpaired) electrons. The molecule has 26 heavy (non-hydrogen) atoms. The van der Waals surface area contributed by atoms with E-state index in [9.17, 15) is 15.0 Å². The van der Waals surface area contributed by atoms with E-state index in [-0.39, 0.29) is 22.1 Å². The Morgan fingerprint density at radius 3 is 2.19 bits per heavy atom. The zero-order valence-electron chi connectivity index (χ0n) is 17.2. The van der Waals surface area contributed by atoms with Crippen molar-refractivity contribution in [3.63, 3.8) is 0 Å². The molecule has 1 heterocycles. The van der Waals surface area contributed by atoms with Crippen LogP contribution in [0.25, 0.3) is 0 Å². The van der Waals surface area contributed by atoms with Gasteiger partial charge in [-0.05, 0) is 50.4 Å². The number of rotatable bonds is 11. The molecule has 1 fully saturated rings. The van der Waals surface area contributed by atoms with Crippen molar-refractivity contribution in [2.24, 2.45) is 23.7 Å². The van der Waals surface area contributed by atoms with E-state index in [1.54, 1.807) is 6.92 Å². The molecule has 0 saturated carbocycles. The van der Waals surface area contributed by atoms with Gasteiger partial charge in [-0.25, -0.2) is 0 Å². The quantitative estimate of drug-likeness (QED) is 0.502. The maximum atomic E-state index is 11.7. The normalized spacial score (nSPS) is 23.7. The predicted octanol–water partition coefficient (Wildman–Crippen LogP) is 4.18. The van der Waals surface area contributed by atoms with Crippen molar-refractivity contribution < 1.29 is 19.7 Å². The summed E-state index contributed by atoms with van der Waals surface area (Å²) < 4.78 is 4.93. The third-order valence-corrected chi connectivity index (χ3v) is 9.92. The summed E-state index contributed by atoms with van der Waals surface area (Å²) in [6, 6.07) is 0. The van der Waals surface area contributed by atoms with E-state index >= 15 is 0 Å². The number of aliphatic hydroxyl groups is 2. The summed E-state index contributed by atoms with van der Waals surface area (Å²) in [6.07, 6.45) is 2.89. The van der Waals surface area contributed by atoms with Gasteiger partial charge in [-0.1, -0.05) is 27.7 Å². The van der Waals surface area contributed by atoms with Gasteiger partial charge in [0.1, 0.15) is 0 Å². The highest BCUT2D eigenvalue weighted by molar-refractivity contribution is 8.21. The Kier molecular flexibility index (Phi) is 10.4. The fourth-order valence-electron chi connectivity index (χ4n) is 3.86. The van der Waals surface area contributed by atoms with E-state index in [4.69, 9.17) is 4.74 Å². The van der Waals surface area contributed by atoms with Crippen molar-refractivity contribution >= 4 is 29.5 Å². The second-order valence-electron chi connectivity index (χ2n) is 7.92. The monoisotopic (exact) mass is 406 g/mol. The molecule has 1 aliphatic rings. The number of esters is 1. The van der Waals surface area contributed by atoms with E-state index in [0.29, 0.717) is 11.8 Å². The van der Waals surface area contributed by atoms with E-state index in [0.717, 1.165) is 37.2 Å². The first kappa shape index (κ1) is 24.1. The van der Waals surface area contributed by atoms with Crippen molar-refractivity contribution in [2.75, 3.05) is 18.6 Å². The molecule has 154 valence electrons. The van der Waals surface area contributed by atoms with Crippen LogP contribution in [-0.4, -0.2) is 51.1 Å². The summed E-state index contributed by atoms with van der Waals surface area (Å²) in [5.41, 5.74) is 0. The third kappa shape index (κ3) is 6.32. The molecule has 6 atom stereocenters. The summed E-state index contributed by atoms with van der Waals surface area (Å²) in [4.78, 5) is 11.7. The number of thioether (sulfide) groups is 2. The van der Waals surface area contributed by atoms with Crippen molar-refractivity contribution in [2.45, 2.75) is 76.6 Å². The molecule has 2 N–H and O–H groups in total. The first-order valence-electron chi connectivity index (χ1n) is 9.90. The molecular formula is C20H38O4S2. The minimum Gasteiger partial charge on any atom is -0.469 e. The van der Waals surface area contributed by atoms with Crippen molar-refractivity contribution in [1.29, 1.82) is 0 Å². The van der Waals surface area contributed by atoms with Gasteiger partial charge in [0.15, 0.2) is 0 Å². The number of hydrogen-bond acceptors (Lipinski definition) is 6. The number of hydrogen-bond donors (Lipinski definition) is 2. The molecule has 0 aliphatic carbocycles. The summed E-state index contributed by atoms with van der Waals surface area (Å²) in [5, 5.41) is 20.6. The molecule has 1 rings (SSSR count). The van der Waals surface area contributed by atoms with Gasteiger partial charge in [0.2, 0.25) is 0 Å². The summed E-state index contributed by atoms with van der Waals surface area (Å²) in [7, 11) is 1.37. The highest BCUT2D eigenvalue weighted by atomic mass is 32.2. The molecule has 0 aromatic carbocycles. The third-order valence-electron chi connectivity index (χ3n) is 5.94. The first-order valence-corrected chi connectivity index (χ1v) is 11.9. The minimum absolute atomic E-state index is 0.0384. The fourth-order valence-corrected chi connectivity index (χ4v) is 7.34. The Morgan fingerprint density at radius 2 is 1.69 bits per heavy atom. The van der Waals surface area contributed by atoms with Crippen LogP contribution in [0.3, 0.4) is 0 Å². The van der Waals surface area contributed by atoms with Gasteiger partial charge in [-0.2, -0.15) is 0 Å². The van der Waals surface area contributed by atoms with Gasteiger partial charge in [-0.15, -0.1) is 23.5 Å². The number of aliphatic hydroxyl groups excluding tert-OH is 2. The lowest BCUT2D eigenvalue weighted by molar-refractivity contribution is -0.150. The molecule has 1 aliphatic heterocycles. The smallest absolute Gasteiger partial charge is 0.311 e. The van der Waals surface area contributed by atoms with Gasteiger partial charge in [0, 0.05) is 11.5 Å². The van der Waals surface area contributed by atoms with E-state index in [1.807, 2.05) is 37.4 Å². The van der Waals surface area contributed by atoms with Crippen LogP contribution in [0.2, 0.25) is 0 Å². The number of ether oxygens (including phenoxy) is 1. The van der Waals surface area contributed by atoms with Crippen LogP contribution in [0.4, 0.5) is 0 Å². The summed E-state index contributed by atoms with van der Waals surface area (Å²) >= 11 is 4.08. The van der Waals surface area contributed by atoms with Gasteiger partial charge in [-0.3, -0.25) is 4.79 Å². The average Bonchev–Trinajstić information content (AvgIpc) is 3.13. The second kappa shape index (κ2) is 11.2. The molecule has 6 heteroatoms. The summed E-state index contributed by atoms with van der Waals surface area (Å²) in [5.74, 6) is 2.26. The molecule has 0 aromatic rings. The highest BCUT2D eigenvalue weighted by Gasteiger charge is 2.42. The average molecular weight is 407 g/mol. The maximum Gasteiger partial charge on any atom is 0.311 e. The Balaban J connectivity index is 2.69. The molecule has 0 unspecified atom stereocenters. The van der Waals surface area contributed by atoms with Crippen LogP contribution < -0.4 is 0 Å². The maximum absolute atomic E-state index is 11.7. The fraction of sp³-hybridized carbons (Fsp3) is 0.950. The predicted molar refractivity (Wildman–Crippen MR) is 112 cm³/mol. The number of carbonyl (C=O) groups is 1. The molecule has 1 saturated heterocycles. The highest BCUT2D eigenvalue weighted by Crippen LogP contribution is 2.54. The van der Waals surface area contributed by atoms with Crippen molar-refractivity contribution in [3.05, 3.63) is 0 Å². The van der Waals surface area contributed by atoms with Crippen LogP contribution in [0, 0.1) is 23.7 Å². The lowest BCUT2D eigenvalue weighted by Gasteiger charge is -2.37. The molecular weight excluding hydrogens is 368 g/mol. The first-order chi connectivity index (χ1) is 12.2. The van der Waals surface area contributed by atoms with Crippen molar-refractivity contribution in [1.82, 2.24) is 0 Å². The largest absolute Gasteiger partial charge is 0.469 e. The van der Waals surface area contributed by atoms with Crippen LogP contribution >= 0.6 is 23.5 Å². The van der Waals surface area contributed by atoms with Crippen LogP contribution in [-0.2, 0) is 9.53 Å². The Labute approximate surface area is 168 Å². The zero-order chi connectivity index (χ0) is 19.9. The number of carbonyl (C=O) groups excluding carboxylic acids is 1. The van der Waals surface area contributed by atoms with Gasteiger partial charge in [0.25, 0.3) is 0 Å². The molecule has 0 aromatic heterocycles. The SMILES string of the molecule is CC[C@@H](O)[C@H](C)CCC1([C@H](C)C[C@H](C)[C@H](O)[C@@H](C)C(=O)OC)SCCS1. The molecule has 0 amide bonds. The summed E-state index contributed by atoms with van der Waals surface area (Å²) in [6.45, 7) is 10.2. The lowest BCUT2D eigenvalue weighted by atomic mass is 9.84. The Hall–Kier alpha value is 0.0900. The minimum atomic E-state index is -0.681. The molecule has 4 nitrogen and oxygen atoms in total. The van der Waals surface area contributed by atoms with Gasteiger partial charge < -0.3 is 14.9 Å². The molecule has 0 bridgehead atoms. The van der Waals surface area contributed by atoms with Crippen LogP contribution in [0.1, 0.15) is 60.3 Å². The second-order valence-corrected chi connectivity index (χ2v) is 11.0. The van der Waals surface area contributed by atoms with Gasteiger partial charge in [0.05, 0.1) is 29.3 Å². The van der Waals surface area contributed by atoms with Crippen LogP contribution in [0.5, 0.6) is 0 Å². The Morgan fingerprint density at radius 1 is 1.12 bits per heavy atom. The lowest BCUT2D eigenvalue weighted by Crippen LogP contribution is -2.36. The van der Waals surface area contributed by atoms with Crippen molar-refractivity contribution in [3.8, 4) is 0 Å². The molecule has 0 spiro atoms. The number of methoxy groups -OCH3 is 1.